The molecule has 0 radical (unpaired) electrons. The first-order valence-corrected chi connectivity index (χ1v) is 9.98. The molecule has 0 aliphatic rings. The normalized spacial score (nSPS) is 10.9. The van der Waals surface area contributed by atoms with E-state index in [-0.39, 0.29) is 6.61 Å². The Labute approximate surface area is 182 Å². The molecule has 7 nitrogen and oxygen atoms in total. The van der Waals surface area contributed by atoms with Crippen molar-refractivity contribution in [2.24, 2.45) is 4.99 Å². The van der Waals surface area contributed by atoms with E-state index in [0.717, 1.165) is 23.4 Å². The molecule has 0 aliphatic heterocycles. The summed E-state index contributed by atoms with van der Waals surface area (Å²) >= 11 is 0. The van der Waals surface area contributed by atoms with Crippen LogP contribution in [0.4, 0.5) is 0 Å². The van der Waals surface area contributed by atoms with Gasteiger partial charge in [-0.05, 0) is 36.8 Å². The Morgan fingerprint density at radius 3 is 2.74 bits per heavy atom. The average Bonchev–Trinajstić information content (AvgIpc) is 3.29. The first-order valence-electron chi connectivity index (χ1n) is 9.98. The third-order valence-corrected chi connectivity index (χ3v) is 4.31. The van der Waals surface area contributed by atoms with Gasteiger partial charge in [0.15, 0.2) is 17.5 Å². The average molecular weight is 418 g/mol. The number of guanidine groups is 1. The fraction of sp³-hybridized carbons (Fsp3) is 0.250. The van der Waals surface area contributed by atoms with Gasteiger partial charge < -0.3 is 24.5 Å². The molecule has 0 bridgehead atoms. The highest BCUT2D eigenvalue weighted by Gasteiger charge is 2.08. The van der Waals surface area contributed by atoms with Crippen molar-refractivity contribution in [1.29, 1.82) is 0 Å². The minimum atomic E-state index is 0.177. The molecule has 2 N–H and O–H groups in total. The summed E-state index contributed by atoms with van der Waals surface area (Å²) in [6.45, 7) is 3.87. The Morgan fingerprint density at radius 2 is 2.00 bits per heavy atom. The van der Waals surface area contributed by atoms with Crippen LogP contribution in [-0.4, -0.2) is 31.2 Å². The molecule has 3 rings (SSSR count). The van der Waals surface area contributed by atoms with Gasteiger partial charge >= 0.3 is 0 Å². The summed E-state index contributed by atoms with van der Waals surface area (Å²) in [7, 11) is 1.59. The van der Waals surface area contributed by atoms with Gasteiger partial charge in [0.2, 0.25) is 5.89 Å². The molecule has 1 heterocycles. The van der Waals surface area contributed by atoms with Crippen LogP contribution < -0.4 is 20.1 Å². The Hall–Kier alpha value is -3.92. The summed E-state index contributed by atoms with van der Waals surface area (Å²) in [5.74, 6) is 4.96. The van der Waals surface area contributed by atoms with E-state index in [1.807, 2.05) is 55.5 Å². The highest BCUT2D eigenvalue weighted by atomic mass is 16.5. The molecule has 31 heavy (non-hydrogen) atoms. The van der Waals surface area contributed by atoms with Crippen LogP contribution in [0.3, 0.4) is 0 Å². The van der Waals surface area contributed by atoms with Crippen molar-refractivity contribution in [3.8, 4) is 35.3 Å². The van der Waals surface area contributed by atoms with Crippen LogP contribution in [0.25, 0.3) is 11.5 Å². The number of nitrogens with one attached hydrogen (secondary N) is 2. The van der Waals surface area contributed by atoms with E-state index in [1.165, 1.54) is 0 Å². The lowest BCUT2D eigenvalue weighted by Crippen LogP contribution is -2.36. The Kier molecular flexibility index (Phi) is 7.95. The third-order valence-electron chi connectivity index (χ3n) is 4.31. The van der Waals surface area contributed by atoms with Crippen LogP contribution in [0.2, 0.25) is 0 Å². The van der Waals surface area contributed by atoms with Crippen molar-refractivity contribution >= 4 is 5.96 Å². The second kappa shape index (κ2) is 11.3. The monoisotopic (exact) mass is 418 g/mol. The highest BCUT2D eigenvalue weighted by molar-refractivity contribution is 5.79. The third kappa shape index (κ3) is 6.28. The van der Waals surface area contributed by atoms with E-state index >= 15 is 0 Å². The molecule has 0 saturated heterocycles. The second-order valence-electron chi connectivity index (χ2n) is 6.54. The predicted octanol–water partition coefficient (Wildman–Crippen LogP) is 3.62. The maximum atomic E-state index is 5.59. The smallest absolute Gasteiger partial charge is 0.226 e. The zero-order valence-electron chi connectivity index (χ0n) is 17.7. The van der Waals surface area contributed by atoms with Crippen LogP contribution in [0.5, 0.6) is 11.5 Å². The summed E-state index contributed by atoms with van der Waals surface area (Å²) < 4.78 is 16.5. The number of hydrogen-bond acceptors (Lipinski definition) is 5. The summed E-state index contributed by atoms with van der Waals surface area (Å²) in [5, 5.41) is 6.51. The van der Waals surface area contributed by atoms with Gasteiger partial charge in [0.25, 0.3) is 0 Å². The molecule has 0 fully saturated rings. The van der Waals surface area contributed by atoms with Gasteiger partial charge in [-0.25, -0.2) is 9.98 Å². The maximum Gasteiger partial charge on any atom is 0.226 e. The highest BCUT2D eigenvalue weighted by Crippen LogP contribution is 2.28. The van der Waals surface area contributed by atoms with Crippen LogP contribution >= 0.6 is 0 Å². The van der Waals surface area contributed by atoms with E-state index < -0.39 is 0 Å². The van der Waals surface area contributed by atoms with Gasteiger partial charge in [-0.2, -0.15) is 0 Å². The molecule has 7 heteroatoms. The van der Waals surface area contributed by atoms with Gasteiger partial charge in [0, 0.05) is 12.1 Å². The van der Waals surface area contributed by atoms with Crippen molar-refractivity contribution in [2.75, 3.05) is 20.3 Å². The van der Waals surface area contributed by atoms with Gasteiger partial charge in [0.1, 0.15) is 12.9 Å². The number of hydrogen-bond donors (Lipinski definition) is 2. The van der Waals surface area contributed by atoms with Crippen molar-refractivity contribution in [3.05, 3.63) is 66.1 Å². The largest absolute Gasteiger partial charge is 0.493 e. The number of terminal acetylenes is 1. The standard InChI is InChI=1S/C24H26N4O3/c1-4-13-30-22-14-18(11-12-21(22)29-3)15-26-24(25-5-2)27-16-20-17-31-23(28-20)19-9-7-6-8-10-19/h1,6-12,14,17H,5,13,15-16H2,2-3H3,(H2,25,26,27). The Bertz CT molecular complexity index is 1040. The molecule has 0 spiro atoms. The summed E-state index contributed by atoms with van der Waals surface area (Å²) in [4.78, 5) is 9.17. The molecule has 0 unspecified atom stereocenters. The van der Waals surface area contributed by atoms with Crippen molar-refractivity contribution in [3.63, 3.8) is 0 Å². The van der Waals surface area contributed by atoms with Crippen molar-refractivity contribution in [2.45, 2.75) is 20.0 Å². The van der Waals surface area contributed by atoms with Crippen molar-refractivity contribution < 1.29 is 13.9 Å². The molecule has 1 aromatic heterocycles. The van der Waals surface area contributed by atoms with Crippen LogP contribution in [0.1, 0.15) is 18.2 Å². The molecule has 3 aromatic rings. The number of nitrogens with zero attached hydrogens (tertiary/aromatic N) is 2. The number of benzene rings is 2. The van der Waals surface area contributed by atoms with E-state index in [9.17, 15) is 0 Å². The number of ether oxygens (including phenoxy) is 2. The lowest BCUT2D eigenvalue weighted by atomic mass is 10.2. The number of oxazole rings is 1. The van der Waals surface area contributed by atoms with E-state index in [1.54, 1.807) is 13.4 Å². The van der Waals surface area contributed by atoms with E-state index in [0.29, 0.717) is 36.4 Å². The number of aromatic nitrogens is 1. The molecule has 0 aliphatic carbocycles. The molecular weight excluding hydrogens is 392 g/mol. The zero-order valence-corrected chi connectivity index (χ0v) is 17.7. The quantitative estimate of drug-likeness (QED) is 0.314. The fourth-order valence-corrected chi connectivity index (χ4v) is 2.84. The Balaban J connectivity index is 1.64. The first kappa shape index (κ1) is 21.8. The summed E-state index contributed by atoms with van der Waals surface area (Å²) in [6, 6.07) is 15.5. The molecule has 2 aromatic carbocycles. The topological polar surface area (TPSA) is 80.9 Å². The summed E-state index contributed by atoms with van der Waals surface area (Å²) in [5.41, 5.74) is 2.70. The van der Waals surface area contributed by atoms with Crippen LogP contribution in [-0.2, 0) is 13.1 Å². The minimum absolute atomic E-state index is 0.177. The lowest BCUT2D eigenvalue weighted by Gasteiger charge is -2.12. The predicted molar refractivity (Wildman–Crippen MR) is 121 cm³/mol. The van der Waals surface area contributed by atoms with E-state index in [4.69, 9.17) is 20.3 Å². The maximum absolute atomic E-state index is 5.59. The van der Waals surface area contributed by atoms with Gasteiger partial charge in [-0.1, -0.05) is 30.2 Å². The number of methoxy groups -OCH3 is 1. The fourth-order valence-electron chi connectivity index (χ4n) is 2.84. The number of aliphatic imine (C=N–C) groups is 1. The molecular formula is C24H26N4O3. The van der Waals surface area contributed by atoms with Crippen LogP contribution in [0, 0.1) is 12.3 Å². The molecule has 0 amide bonds. The zero-order chi connectivity index (χ0) is 21.9. The molecule has 160 valence electrons. The van der Waals surface area contributed by atoms with Crippen molar-refractivity contribution in [1.82, 2.24) is 15.6 Å². The SMILES string of the molecule is C#CCOc1cc(CN=C(NCC)NCc2coc(-c3ccccc3)n2)ccc1OC. The summed E-state index contributed by atoms with van der Waals surface area (Å²) in [6.07, 6.45) is 6.94. The Morgan fingerprint density at radius 1 is 1.16 bits per heavy atom. The van der Waals surface area contributed by atoms with Gasteiger partial charge in [-0.3, -0.25) is 0 Å². The van der Waals surface area contributed by atoms with Gasteiger partial charge in [-0.15, -0.1) is 6.42 Å². The minimum Gasteiger partial charge on any atom is -0.493 e. The van der Waals surface area contributed by atoms with E-state index in [2.05, 4.69) is 26.5 Å². The molecule has 0 saturated carbocycles. The lowest BCUT2D eigenvalue weighted by molar-refractivity contribution is 0.330. The number of rotatable bonds is 9. The first-order chi connectivity index (χ1) is 15.2. The van der Waals surface area contributed by atoms with Crippen LogP contribution in [0.15, 0.2) is 64.2 Å². The second-order valence-corrected chi connectivity index (χ2v) is 6.54. The van der Waals surface area contributed by atoms with Gasteiger partial charge in [0.05, 0.1) is 25.9 Å². The molecule has 0 atom stereocenters.